The molecule has 0 aromatic heterocycles. The molecular formula is C12H15NO2. The average molecular weight is 205 g/mol. The fraction of sp³-hybridized carbons (Fsp3) is 0.250. The number of nitrogens with zero attached hydrogens (tertiary/aromatic N) is 1. The van der Waals surface area contributed by atoms with E-state index in [0.29, 0.717) is 6.54 Å². The number of carboxylic acids is 1. The molecule has 0 aliphatic carbocycles. The predicted octanol–water partition coefficient (Wildman–Crippen LogP) is 1.76. The lowest BCUT2D eigenvalue weighted by Gasteiger charge is -2.13. The van der Waals surface area contributed by atoms with Crippen molar-refractivity contribution in [3.8, 4) is 0 Å². The Kier molecular flexibility index (Phi) is 4.57. The van der Waals surface area contributed by atoms with Crippen LogP contribution in [-0.2, 0) is 11.3 Å². The standard InChI is InChI=1S/C12H15NO2/c1-13(9-5-8-12(14)15)10-11-6-3-2-4-7-11/h2-8H,9-10H2,1H3,(H,14,15)/b8-5+. The number of likely N-dealkylation sites (N-methyl/N-ethyl adjacent to an activating group) is 1. The topological polar surface area (TPSA) is 40.5 Å². The number of hydrogen-bond acceptors (Lipinski definition) is 2. The van der Waals surface area contributed by atoms with E-state index in [1.807, 2.05) is 25.2 Å². The van der Waals surface area contributed by atoms with Gasteiger partial charge in [0.2, 0.25) is 0 Å². The Hall–Kier alpha value is -1.61. The van der Waals surface area contributed by atoms with Crippen molar-refractivity contribution >= 4 is 5.97 Å². The van der Waals surface area contributed by atoms with Crippen LogP contribution < -0.4 is 0 Å². The molecule has 0 aliphatic heterocycles. The van der Waals surface area contributed by atoms with Crippen molar-refractivity contribution in [2.45, 2.75) is 6.54 Å². The smallest absolute Gasteiger partial charge is 0.328 e. The van der Waals surface area contributed by atoms with Crippen LogP contribution in [0, 0.1) is 0 Å². The second kappa shape index (κ2) is 5.98. The lowest BCUT2D eigenvalue weighted by molar-refractivity contribution is -0.131. The first kappa shape index (κ1) is 11.5. The van der Waals surface area contributed by atoms with E-state index in [1.165, 1.54) is 11.6 Å². The third-order valence-corrected chi connectivity index (χ3v) is 1.97. The van der Waals surface area contributed by atoms with Crippen LogP contribution in [0.5, 0.6) is 0 Å². The van der Waals surface area contributed by atoms with Gasteiger partial charge in [-0.05, 0) is 12.6 Å². The van der Waals surface area contributed by atoms with Crippen molar-refractivity contribution in [2.75, 3.05) is 13.6 Å². The van der Waals surface area contributed by atoms with Crippen LogP contribution in [-0.4, -0.2) is 29.6 Å². The van der Waals surface area contributed by atoms with Gasteiger partial charge in [-0.25, -0.2) is 4.79 Å². The van der Waals surface area contributed by atoms with Crippen LogP contribution in [0.1, 0.15) is 5.56 Å². The van der Waals surface area contributed by atoms with Gasteiger partial charge in [0.25, 0.3) is 0 Å². The third kappa shape index (κ3) is 4.98. The molecule has 0 unspecified atom stereocenters. The summed E-state index contributed by atoms with van der Waals surface area (Å²) < 4.78 is 0. The van der Waals surface area contributed by atoms with Gasteiger partial charge in [0.15, 0.2) is 0 Å². The van der Waals surface area contributed by atoms with Crippen LogP contribution in [0.25, 0.3) is 0 Å². The number of rotatable bonds is 5. The molecule has 15 heavy (non-hydrogen) atoms. The van der Waals surface area contributed by atoms with Gasteiger partial charge < -0.3 is 5.11 Å². The van der Waals surface area contributed by atoms with Gasteiger partial charge in [0.1, 0.15) is 0 Å². The molecule has 0 saturated heterocycles. The van der Waals surface area contributed by atoms with E-state index in [2.05, 4.69) is 17.0 Å². The summed E-state index contributed by atoms with van der Waals surface area (Å²) >= 11 is 0. The zero-order chi connectivity index (χ0) is 11.1. The van der Waals surface area contributed by atoms with Crippen molar-refractivity contribution in [1.82, 2.24) is 4.90 Å². The van der Waals surface area contributed by atoms with E-state index in [1.54, 1.807) is 6.08 Å². The Balaban J connectivity index is 2.36. The Bertz CT molecular complexity index is 333. The van der Waals surface area contributed by atoms with Gasteiger partial charge in [0.05, 0.1) is 0 Å². The molecule has 3 nitrogen and oxygen atoms in total. The zero-order valence-corrected chi connectivity index (χ0v) is 8.76. The second-order valence-corrected chi connectivity index (χ2v) is 3.42. The van der Waals surface area contributed by atoms with Crippen molar-refractivity contribution < 1.29 is 9.90 Å². The van der Waals surface area contributed by atoms with Gasteiger partial charge in [-0.1, -0.05) is 36.4 Å². The molecule has 0 bridgehead atoms. The number of benzene rings is 1. The van der Waals surface area contributed by atoms with Gasteiger partial charge in [-0.2, -0.15) is 0 Å². The molecule has 1 aromatic rings. The summed E-state index contributed by atoms with van der Waals surface area (Å²) in [4.78, 5) is 12.3. The fourth-order valence-corrected chi connectivity index (χ4v) is 1.29. The first-order valence-corrected chi connectivity index (χ1v) is 4.80. The lowest BCUT2D eigenvalue weighted by Crippen LogP contribution is -2.17. The highest BCUT2D eigenvalue weighted by Crippen LogP contribution is 2.01. The second-order valence-electron chi connectivity index (χ2n) is 3.42. The zero-order valence-electron chi connectivity index (χ0n) is 8.76. The van der Waals surface area contributed by atoms with Gasteiger partial charge in [0, 0.05) is 19.2 Å². The molecule has 0 saturated carbocycles. The molecule has 0 fully saturated rings. The first-order valence-electron chi connectivity index (χ1n) is 4.80. The predicted molar refractivity (Wildman–Crippen MR) is 59.6 cm³/mol. The van der Waals surface area contributed by atoms with E-state index in [-0.39, 0.29) is 0 Å². The van der Waals surface area contributed by atoms with Gasteiger partial charge >= 0.3 is 5.97 Å². The summed E-state index contributed by atoms with van der Waals surface area (Å²) in [6.07, 6.45) is 2.81. The van der Waals surface area contributed by atoms with Crippen molar-refractivity contribution in [2.24, 2.45) is 0 Å². The molecule has 80 valence electrons. The maximum absolute atomic E-state index is 10.2. The van der Waals surface area contributed by atoms with E-state index in [0.717, 1.165) is 6.54 Å². The average Bonchev–Trinajstić information content (AvgIpc) is 2.18. The molecule has 0 atom stereocenters. The van der Waals surface area contributed by atoms with Crippen LogP contribution in [0.3, 0.4) is 0 Å². The minimum Gasteiger partial charge on any atom is -0.478 e. The molecule has 0 heterocycles. The maximum atomic E-state index is 10.2. The largest absolute Gasteiger partial charge is 0.478 e. The summed E-state index contributed by atoms with van der Waals surface area (Å²) in [5.41, 5.74) is 1.23. The highest BCUT2D eigenvalue weighted by Gasteiger charge is 1.97. The normalized spacial score (nSPS) is 11.1. The van der Waals surface area contributed by atoms with Crippen molar-refractivity contribution in [1.29, 1.82) is 0 Å². The minimum atomic E-state index is -0.900. The summed E-state index contributed by atoms with van der Waals surface area (Å²) in [7, 11) is 1.96. The number of carboxylic acid groups (broad SMARTS) is 1. The Morgan fingerprint density at radius 2 is 2.07 bits per heavy atom. The highest BCUT2D eigenvalue weighted by atomic mass is 16.4. The van der Waals surface area contributed by atoms with Crippen LogP contribution >= 0.6 is 0 Å². The summed E-state index contributed by atoms with van der Waals surface area (Å²) in [6.45, 7) is 1.46. The Morgan fingerprint density at radius 1 is 1.40 bits per heavy atom. The Labute approximate surface area is 89.6 Å². The van der Waals surface area contributed by atoms with E-state index >= 15 is 0 Å². The summed E-state index contributed by atoms with van der Waals surface area (Å²) in [5, 5.41) is 8.41. The number of hydrogen-bond donors (Lipinski definition) is 1. The monoisotopic (exact) mass is 205 g/mol. The molecule has 0 radical (unpaired) electrons. The molecule has 1 N–H and O–H groups in total. The quantitative estimate of drug-likeness (QED) is 0.745. The summed E-state index contributed by atoms with van der Waals surface area (Å²) in [6, 6.07) is 10.1. The van der Waals surface area contributed by atoms with Gasteiger partial charge in [-0.3, -0.25) is 4.90 Å². The number of aliphatic carboxylic acids is 1. The number of carbonyl (C=O) groups is 1. The van der Waals surface area contributed by atoms with E-state index in [9.17, 15) is 4.79 Å². The SMILES string of the molecule is CN(C/C=C/C(=O)O)Cc1ccccc1. The maximum Gasteiger partial charge on any atom is 0.328 e. The highest BCUT2D eigenvalue weighted by molar-refractivity contribution is 5.79. The van der Waals surface area contributed by atoms with Crippen LogP contribution in [0.2, 0.25) is 0 Å². The lowest BCUT2D eigenvalue weighted by atomic mass is 10.2. The van der Waals surface area contributed by atoms with Crippen molar-refractivity contribution in [3.05, 3.63) is 48.0 Å². The van der Waals surface area contributed by atoms with Gasteiger partial charge in [-0.15, -0.1) is 0 Å². The molecule has 1 rings (SSSR count). The molecule has 0 spiro atoms. The first-order chi connectivity index (χ1) is 7.18. The summed E-state index contributed by atoms with van der Waals surface area (Å²) in [5.74, 6) is -0.900. The van der Waals surface area contributed by atoms with E-state index < -0.39 is 5.97 Å². The van der Waals surface area contributed by atoms with Crippen LogP contribution in [0.15, 0.2) is 42.5 Å². The molecular weight excluding hydrogens is 190 g/mol. The molecule has 0 aliphatic rings. The van der Waals surface area contributed by atoms with Crippen LogP contribution in [0.4, 0.5) is 0 Å². The Morgan fingerprint density at radius 3 is 2.67 bits per heavy atom. The van der Waals surface area contributed by atoms with E-state index in [4.69, 9.17) is 5.11 Å². The third-order valence-electron chi connectivity index (χ3n) is 1.97. The molecule has 0 amide bonds. The molecule has 1 aromatic carbocycles. The fourth-order valence-electron chi connectivity index (χ4n) is 1.29. The minimum absolute atomic E-state index is 0.640. The molecule has 3 heteroatoms. The van der Waals surface area contributed by atoms with Crippen molar-refractivity contribution in [3.63, 3.8) is 0 Å².